The molecule has 0 amide bonds. The van der Waals surface area contributed by atoms with E-state index in [2.05, 4.69) is 46.1 Å². The number of anilines is 3. The molecule has 0 unspecified atom stereocenters. The SMILES string of the molecule is [C-]#[N+]/C(C#N)=C1/C=C(c2ccc(N(c3ccccc3)c3ccccc3)cc2)OC(C(C)(C)C)=C1. The van der Waals surface area contributed by atoms with E-state index in [9.17, 15) is 5.26 Å². The molecule has 3 aromatic rings. The van der Waals surface area contributed by atoms with Crippen molar-refractivity contribution in [3.05, 3.63) is 131 Å². The first-order valence-corrected chi connectivity index (χ1v) is 11.0. The van der Waals surface area contributed by atoms with E-state index in [4.69, 9.17) is 11.3 Å². The van der Waals surface area contributed by atoms with Crippen LogP contribution < -0.4 is 4.90 Å². The van der Waals surface area contributed by atoms with E-state index in [1.807, 2.05) is 75.4 Å². The van der Waals surface area contributed by atoms with Gasteiger partial charge in [-0.05, 0) is 66.3 Å². The van der Waals surface area contributed by atoms with Gasteiger partial charge in [-0.2, -0.15) is 0 Å². The molecular formula is C30H25N3O. The summed E-state index contributed by atoms with van der Waals surface area (Å²) in [5.41, 5.74) is 4.37. The molecule has 34 heavy (non-hydrogen) atoms. The van der Waals surface area contributed by atoms with Crippen LogP contribution >= 0.6 is 0 Å². The Labute approximate surface area is 201 Å². The summed E-state index contributed by atoms with van der Waals surface area (Å²) in [6.45, 7) is 13.5. The summed E-state index contributed by atoms with van der Waals surface area (Å²) < 4.78 is 6.24. The first-order chi connectivity index (χ1) is 16.4. The highest BCUT2D eigenvalue weighted by Gasteiger charge is 2.25. The summed E-state index contributed by atoms with van der Waals surface area (Å²) in [7, 11) is 0. The number of allylic oxidation sites excluding steroid dienone is 5. The number of ether oxygens (including phenoxy) is 1. The Kier molecular flexibility index (Phi) is 6.35. The van der Waals surface area contributed by atoms with Crippen molar-refractivity contribution < 1.29 is 4.74 Å². The molecule has 1 aliphatic rings. The van der Waals surface area contributed by atoms with E-state index in [0.717, 1.165) is 28.4 Å². The van der Waals surface area contributed by atoms with Gasteiger partial charge in [-0.1, -0.05) is 57.2 Å². The van der Waals surface area contributed by atoms with Gasteiger partial charge in [0.05, 0.1) is 12.6 Å². The molecule has 0 fully saturated rings. The monoisotopic (exact) mass is 443 g/mol. The average molecular weight is 444 g/mol. The maximum Gasteiger partial charge on any atom is 0.269 e. The van der Waals surface area contributed by atoms with Gasteiger partial charge in [0.15, 0.2) is 0 Å². The third-order valence-corrected chi connectivity index (χ3v) is 5.46. The topological polar surface area (TPSA) is 40.6 Å². The Hall–Kier alpha value is -4.54. The highest BCUT2D eigenvalue weighted by molar-refractivity contribution is 5.78. The van der Waals surface area contributed by atoms with E-state index in [1.54, 1.807) is 12.2 Å². The number of benzene rings is 3. The van der Waals surface area contributed by atoms with Crippen LogP contribution in [0.5, 0.6) is 0 Å². The van der Waals surface area contributed by atoms with Gasteiger partial charge in [-0.25, -0.2) is 10.1 Å². The molecule has 0 atom stereocenters. The Balaban J connectivity index is 1.75. The van der Waals surface area contributed by atoms with Gasteiger partial charge < -0.3 is 9.64 Å². The lowest BCUT2D eigenvalue weighted by Crippen LogP contribution is -2.15. The lowest BCUT2D eigenvalue weighted by molar-refractivity contribution is 0.262. The third-order valence-electron chi connectivity index (χ3n) is 5.46. The van der Waals surface area contributed by atoms with Gasteiger partial charge in [0.25, 0.3) is 5.70 Å². The Bertz CT molecular complexity index is 1290. The predicted molar refractivity (Wildman–Crippen MR) is 137 cm³/mol. The van der Waals surface area contributed by atoms with E-state index in [1.165, 1.54) is 0 Å². The molecule has 0 N–H and O–H groups in total. The van der Waals surface area contributed by atoms with Crippen LogP contribution in [-0.2, 0) is 4.74 Å². The van der Waals surface area contributed by atoms with Crippen LogP contribution in [0.1, 0.15) is 26.3 Å². The molecule has 3 aromatic carbocycles. The molecule has 4 rings (SSSR count). The van der Waals surface area contributed by atoms with Crippen molar-refractivity contribution in [3.63, 3.8) is 0 Å². The summed E-state index contributed by atoms with van der Waals surface area (Å²) in [5, 5.41) is 9.41. The van der Waals surface area contributed by atoms with E-state index < -0.39 is 0 Å². The number of nitriles is 1. The normalized spacial score (nSPS) is 14.6. The van der Waals surface area contributed by atoms with Crippen LogP contribution in [0.15, 0.2) is 114 Å². The van der Waals surface area contributed by atoms with Crippen molar-refractivity contribution in [3.8, 4) is 6.07 Å². The quantitative estimate of drug-likeness (QED) is 0.302. The van der Waals surface area contributed by atoms with Gasteiger partial charge in [-0.3, -0.25) is 0 Å². The first-order valence-electron chi connectivity index (χ1n) is 11.0. The van der Waals surface area contributed by atoms with Crippen molar-refractivity contribution in [1.82, 2.24) is 0 Å². The molecule has 0 aliphatic carbocycles. The minimum atomic E-state index is -0.273. The summed E-state index contributed by atoms with van der Waals surface area (Å²) >= 11 is 0. The third kappa shape index (κ3) is 4.77. The minimum absolute atomic E-state index is 0.0542. The summed E-state index contributed by atoms with van der Waals surface area (Å²) in [4.78, 5) is 5.59. The largest absolute Gasteiger partial charge is 0.461 e. The Morgan fingerprint density at radius 3 is 1.82 bits per heavy atom. The fourth-order valence-electron chi connectivity index (χ4n) is 3.68. The summed E-state index contributed by atoms with van der Waals surface area (Å²) in [6, 6.07) is 30.6. The van der Waals surface area contributed by atoms with Crippen LogP contribution in [0.3, 0.4) is 0 Å². The highest BCUT2D eigenvalue weighted by Crippen LogP contribution is 2.39. The van der Waals surface area contributed by atoms with Crippen LogP contribution in [0.4, 0.5) is 17.1 Å². The van der Waals surface area contributed by atoms with Crippen molar-refractivity contribution in [1.29, 1.82) is 5.26 Å². The zero-order chi connectivity index (χ0) is 24.1. The summed E-state index contributed by atoms with van der Waals surface area (Å²) in [6.07, 6.45) is 3.56. The Morgan fingerprint density at radius 1 is 0.824 bits per heavy atom. The van der Waals surface area contributed by atoms with Crippen molar-refractivity contribution >= 4 is 22.8 Å². The number of rotatable bonds is 4. The molecule has 0 saturated carbocycles. The first kappa shape index (κ1) is 22.6. The lowest BCUT2D eigenvalue weighted by atomic mass is 9.90. The van der Waals surface area contributed by atoms with Gasteiger partial charge in [0.2, 0.25) is 0 Å². The van der Waals surface area contributed by atoms with Crippen molar-refractivity contribution in [2.45, 2.75) is 20.8 Å². The van der Waals surface area contributed by atoms with Gasteiger partial charge in [0.1, 0.15) is 11.5 Å². The van der Waals surface area contributed by atoms with Gasteiger partial charge >= 0.3 is 0 Å². The predicted octanol–water partition coefficient (Wildman–Crippen LogP) is 8.15. The Morgan fingerprint density at radius 2 is 1.35 bits per heavy atom. The number of hydrogen-bond acceptors (Lipinski definition) is 3. The van der Waals surface area contributed by atoms with Crippen LogP contribution in [0.2, 0.25) is 0 Å². The molecule has 0 radical (unpaired) electrons. The molecule has 0 spiro atoms. The van der Waals surface area contributed by atoms with E-state index in [-0.39, 0.29) is 11.1 Å². The average Bonchev–Trinajstić information content (AvgIpc) is 2.86. The van der Waals surface area contributed by atoms with Gasteiger partial charge in [-0.15, -0.1) is 0 Å². The van der Waals surface area contributed by atoms with E-state index in [0.29, 0.717) is 11.3 Å². The smallest absolute Gasteiger partial charge is 0.269 e. The minimum Gasteiger partial charge on any atom is -0.461 e. The van der Waals surface area contributed by atoms with Crippen LogP contribution in [0.25, 0.3) is 10.6 Å². The molecule has 0 saturated heterocycles. The van der Waals surface area contributed by atoms with Crippen LogP contribution in [0, 0.1) is 23.3 Å². The van der Waals surface area contributed by atoms with Crippen molar-refractivity contribution in [2.24, 2.45) is 5.41 Å². The second-order valence-corrected chi connectivity index (χ2v) is 8.95. The second kappa shape index (κ2) is 9.53. The van der Waals surface area contributed by atoms with Crippen molar-refractivity contribution in [2.75, 3.05) is 4.90 Å². The second-order valence-electron chi connectivity index (χ2n) is 8.95. The zero-order valence-electron chi connectivity index (χ0n) is 19.5. The fraction of sp³-hybridized carbons (Fsp3) is 0.133. The standard InChI is InChI=1S/C30H25N3O/c1-30(2,3)29-20-23(27(21-31)32-4)19-28(34-29)22-15-17-26(18-16-22)33(24-11-7-5-8-12-24)25-13-9-6-10-14-25/h5-20H,1-3H3/b27-23-. The fourth-order valence-corrected chi connectivity index (χ4v) is 3.68. The van der Waals surface area contributed by atoms with Crippen LogP contribution in [-0.4, -0.2) is 0 Å². The maximum atomic E-state index is 9.41. The maximum absolute atomic E-state index is 9.41. The molecule has 4 nitrogen and oxygen atoms in total. The molecule has 4 heteroatoms. The number of para-hydroxylation sites is 2. The number of hydrogen-bond donors (Lipinski definition) is 0. The lowest BCUT2D eigenvalue weighted by Gasteiger charge is -2.28. The molecule has 0 aromatic heterocycles. The molecule has 0 bridgehead atoms. The highest BCUT2D eigenvalue weighted by atomic mass is 16.5. The summed E-state index contributed by atoms with van der Waals surface area (Å²) in [5.74, 6) is 1.34. The van der Waals surface area contributed by atoms with E-state index >= 15 is 0 Å². The zero-order valence-corrected chi connectivity index (χ0v) is 19.5. The molecule has 1 aliphatic heterocycles. The molecule has 1 heterocycles. The molecular weight excluding hydrogens is 418 g/mol. The number of nitrogens with zero attached hydrogens (tertiary/aromatic N) is 3. The molecule has 166 valence electrons. The van der Waals surface area contributed by atoms with Gasteiger partial charge in [0, 0.05) is 28.0 Å².